The van der Waals surface area contributed by atoms with E-state index in [0.29, 0.717) is 17.3 Å². The van der Waals surface area contributed by atoms with Gasteiger partial charge in [-0.2, -0.15) is 16.6 Å². The fraction of sp³-hybridized carbons (Fsp3) is 0.267. The van der Waals surface area contributed by atoms with Crippen molar-refractivity contribution in [2.45, 2.75) is 25.4 Å². The number of nitrogens with zero attached hydrogens (tertiary/aromatic N) is 2. The maximum Gasteiger partial charge on any atom is 0.101 e. The van der Waals surface area contributed by atoms with Crippen LogP contribution >= 0.6 is 11.3 Å². The third-order valence-corrected chi connectivity index (χ3v) is 4.10. The lowest BCUT2D eigenvalue weighted by Crippen LogP contribution is -2.25. The fourth-order valence-corrected chi connectivity index (χ4v) is 2.93. The topological polar surface area (TPSA) is 53.1 Å². The average molecular weight is 269 g/mol. The van der Waals surface area contributed by atoms with E-state index in [9.17, 15) is 5.26 Å². The van der Waals surface area contributed by atoms with Crippen molar-refractivity contribution in [2.75, 3.05) is 10.6 Å². The molecule has 1 aliphatic rings. The molecule has 0 saturated heterocycles. The molecule has 2 aromatic rings. The van der Waals surface area contributed by atoms with E-state index in [1.165, 1.54) is 18.4 Å². The molecule has 0 unspecified atom stereocenters. The zero-order valence-corrected chi connectivity index (χ0v) is 11.4. The predicted octanol–water partition coefficient (Wildman–Crippen LogP) is 3.37. The second-order valence-electron chi connectivity index (χ2n) is 4.88. The number of benzene rings is 1. The molecule has 1 aliphatic carbocycles. The Balaban J connectivity index is 1.94. The summed E-state index contributed by atoms with van der Waals surface area (Å²) < 4.78 is 0. The Hall–Kier alpha value is -1.99. The molecular formula is C15H15N3S. The lowest BCUT2D eigenvalue weighted by atomic mass is 10.1. The minimum absolute atomic E-state index is 0.565. The molecule has 0 aliphatic heterocycles. The number of nitriles is 1. The maximum absolute atomic E-state index is 9.29. The SMILES string of the molecule is N#Cc1cc(N)ccc1N(Cc1ccsc1)C1CC1. The van der Waals surface area contributed by atoms with Crippen molar-refractivity contribution >= 4 is 22.7 Å². The van der Waals surface area contributed by atoms with Gasteiger partial charge in [0.05, 0.1) is 11.3 Å². The van der Waals surface area contributed by atoms with Crippen LogP contribution in [0.2, 0.25) is 0 Å². The lowest BCUT2D eigenvalue weighted by Gasteiger charge is -2.25. The van der Waals surface area contributed by atoms with Crippen molar-refractivity contribution < 1.29 is 0 Å². The first-order chi connectivity index (χ1) is 9.28. The standard InChI is InChI=1S/C15H15N3S/c16-8-12-7-13(17)1-4-15(12)18(14-2-3-14)9-11-5-6-19-10-11/h1,4-7,10,14H,2-3,9,17H2. The van der Waals surface area contributed by atoms with Crippen LogP contribution in [0.5, 0.6) is 0 Å². The van der Waals surface area contributed by atoms with Gasteiger partial charge in [-0.15, -0.1) is 0 Å². The molecular weight excluding hydrogens is 254 g/mol. The monoisotopic (exact) mass is 269 g/mol. The van der Waals surface area contributed by atoms with Crippen molar-refractivity contribution in [3.63, 3.8) is 0 Å². The lowest BCUT2D eigenvalue weighted by molar-refractivity contribution is 0.795. The Kier molecular flexibility index (Phi) is 3.14. The Morgan fingerprint density at radius 1 is 1.37 bits per heavy atom. The molecule has 1 aromatic carbocycles. The Bertz CT molecular complexity index is 609. The van der Waals surface area contributed by atoms with Gasteiger partial charge in [-0.05, 0) is 53.4 Å². The summed E-state index contributed by atoms with van der Waals surface area (Å²) in [6.07, 6.45) is 2.42. The third kappa shape index (κ3) is 2.56. The first-order valence-corrected chi connectivity index (χ1v) is 7.29. The minimum Gasteiger partial charge on any atom is -0.399 e. The van der Waals surface area contributed by atoms with Crippen molar-refractivity contribution in [1.82, 2.24) is 0 Å². The van der Waals surface area contributed by atoms with E-state index in [2.05, 4.69) is 27.8 Å². The second-order valence-corrected chi connectivity index (χ2v) is 5.66. The molecule has 0 spiro atoms. The summed E-state index contributed by atoms with van der Waals surface area (Å²) in [6.45, 7) is 0.868. The summed E-state index contributed by atoms with van der Waals surface area (Å²) in [5.41, 5.74) is 9.38. The van der Waals surface area contributed by atoms with E-state index < -0.39 is 0 Å². The van der Waals surface area contributed by atoms with Crippen LogP contribution in [0.1, 0.15) is 24.0 Å². The molecule has 1 aromatic heterocycles. The smallest absolute Gasteiger partial charge is 0.101 e. The van der Waals surface area contributed by atoms with Crippen molar-refractivity contribution in [3.8, 4) is 6.07 Å². The molecule has 3 nitrogen and oxygen atoms in total. The largest absolute Gasteiger partial charge is 0.399 e. The highest BCUT2D eigenvalue weighted by molar-refractivity contribution is 7.07. The van der Waals surface area contributed by atoms with Crippen LogP contribution < -0.4 is 10.6 Å². The molecule has 3 rings (SSSR count). The van der Waals surface area contributed by atoms with Crippen LogP contribution in [0.4, 0.5) is 11.4 Å². The molecule has 0 bridgehead atoms. The van der Waals surface area contributed by atoms with Gasteiger partial charge in [-0.1, -0.05) is 0 Å². The molecule has 1 fully saturated rings. The van der Waals surface area contributed by atoms with Crippen molar-refractivity contribution in [1.29, 1.82) is 5.26 Å². The second kappa shape index (κ2) is 4.94. The van der Waals surface area contributed by atoms with E-state index in [1.54, 1.807) is 17.4 Å². The number of nitrogen functional groups attached to an aromatic ring is 1. The van der Waals surface area contributed by atoms with Crippen LogP contribution in [0, 0.1) is 11.3 Å². The summed E-state index contributed by atoms with van der Waals surface area (Å²) in [7, 11) is 0. The highest BCUT2D eigenvalue weighted by Gasteiger charge is 2.30. The number of thiophene rings is 1. The third-order valence-electron chi connectivity index (χ3n) is 3.37. The zero-order chi connectivity index (χ0) is 13.2. The predicted molar refractivity (Wildman–Crippen MR) is 79.1 cm³/mol. The molecule has 2 N–H and O–H groups in total. The Labute approximate surface area is 116 Å². The summed E-state index contributed by atoms with van der Waals surface area (Å²) in [6, 6.07) is 10.6. The summed E-state index contributed by atoms with van der Waals surface area (Å²) in [5.74, 6) is 0. The molecule has 0 radical (unpaired) electrons. The first kappa shape index (κ1) is 12.1. The molecule has 19 heavy (non-hydrogen) atoms. The minimum atomic E-state index is 0.565. The van der Waals surface area contributed by atoms with Gasteiger partial charge in [0, 0.05) is 18.3 Å². The van der Waals surface area contributed by atoms with Crippen molar-refractivity contribution in [3.05, 3.63) is 46.2 Å². The van der Waals surface area contributed by atoms with E-state index in [-0.39, 0.29) is 0 Å². The van der Waals surface area contributed by atoms with Gasteiger partial charge < -0.3 is 10.6 Å². The quantitative estimate of drug-likeness (QED) is 0.866. The van der Waals surface area contributed by atoms with Gasteiger partial charge in [0.2, 0.25) is 0 Å². The zero-order valence-electron chi connectivity index (χ0n) is 10.5. The van der Waals surface area contributed by atoms with Gasteiger partial charge in [0.25, 0.3) is 0 Å². The summed E-state index contributed by atoms with van der Waals surface area (Å²) >= 11 is 1.71. The number of anilines is 2. The molecule has 1 saturated carbocycles. The van der Waals surface area contributed by atoms with Crippen LogP contribution in [0.3, 0.4) is 0 Å². The van der Waals surface area contributed by atoms with E-state index in [1.807, 2.05) is 12.1 Å². The van der Waals surface area contributed by atoms with Gasteiger partial charge in [-0.3, -0.25) is 0 Å². The van der Waals surface area contributed by atoms with E-state index in [4.69, 9.17) is 5.73 Å². The van der Waals surface area contributed by atoms with Crippen LogP contribution in [0.15, 0.2) is 35.0 Å². The molecule has 96 valence electrons. The molecule has 1 heterocycles. The number of nitrogens with two attached hydrogens (primary N) is 1. The van der Waals surface area contributed by atoms with Gasteiger partial charge in [-0.25, -0.2) is 0 Å². The highest BCUT2D eigenvalue weighted by Crippen LogP contribution is 2.35. The maximum atomic E-state index is 9.29. The Morgan fingerprint density at radius 3 is 2.84 bits per heavy atom. The molecule has 4 heteroatoms. The average Bonchev–Trinajstić information content (AvgIpc) is 3.13. The van der Waals surface area contributed by atoms with Crippen LogP contribution in [0.25, 0.3) is 0 Å². The molecule has 0 amide bonds. The number of rotatable bonds is 4. The highest BCUT2D eigenvalue weighted by atomic mass is 32.1. The summed E-state index contributed by atoms with van der Waals surface area (Å²) in [5, 5.41) is 13.5. The van der Waals surface area contributed by atoms with Gasteiger partial charge in [0.1, 0.15) is 6.07 Å². The van der Waals surface area contributed by atoms with Gasteiger partial charge in [0.15, 0.2) is 0 Å². The fourth-order valence-electron chi connectivity index (χ4n) is 2.27. The first-order valence-electron chi connectivity index (χ1n) is 6.35. The van der Waals surface area contributed by atoms with Crippen LogP contribution in [-0.2, 0) is 6.54 Å². The molecule has 0 atom stereocenters. The van der Waals surface area contributed by atoms with E-state index in [0.717, 1.165) is 12.2 Å². The normalized spacial score (nSPS) is 14.1. The van der Waals surface area contributed by atoms with Crippen LogP contribution in [-0.4, -0.2) is 6.04 Å². The van der Waals surface area contributed by atoms with E-state index >= 15 is 0 Å². The summed E-state index contributed by atoms with van der Waals surface area (Å²) in [4.78, 5) is 2.33. The number of hydrogen-bond acceptors (Lipinski definition) is 4. The van der Waals surface area contributed by atoms with Crippen molar-refractivity contribution in [2.24, 2.45) is 0 Å². The van der Waals surface area contributed by atoms with Gasteiger partial charge >= 0.3 is 0 Å². The number of hydrogen-bond donors (Lipinski definition) is 1. The Morgan fingerprint density at radius 2 is 2.21 bits per heavy atom.